The van der Waals surface area contributed by atoms with Crippen molar-refractivity contribution in [3.05, 3.63) is 42.2 Å². The van der Waals surface area contributed by atoms with E-state index in [2.05, 4.69) is 54.8 Å². The number of aromatic nitrogens is 4. The fourth-order valence-electron chi connectivity index (χ4n) is 3.46. The molecule has 7 nitrogen and oxygen atoms in total. The number of fused-ring (bicyclic) bond motifs is 1. The summed E-state index contributed by atoms with van der Waals surface area (Å²) in [4.78, 5) is 16.5. The van der Waals surface area contributed by atoms with E-state index in [-0.39, 0.29) is 0 Å². The first-order valence-corrected chi connectivity index (χ1v) is 9.28. The van der Waals surface area contributed by atoms with E-state index in [0.717, 1.165) is 56.1 Å². The van der Waals surface area contributed by atoms with Crippen LogP contribution in [-0.2, 0) is 6.42 Å². The molecule has 0 spiro atoms. The van der Waals surface area contributed by atoms with Crippen molar-refractivity contribution >= 4 is 11.8 Å². The van der Waals surface area contributed by atoms with Crippen molar-refractivity contribution in [2.75, 3.05) is 17.2 Å². The van der Waals surface area contributed by atoms with Crippen LogP contribution in [0.25, 0.3) is 11.5 Å². The van der Waals surface area contributed by atoms with Gasteiger partial charge < -0.3 is 21.4 Å². The lowest BCUT2D eigenvalue weighted by Gasteiger charge is -2.27. The normalized spacial score (nSPS) is 20.2. The van der Waals surface area contributed by atoms with Gasteiger partial charge in [0.2, 0.25) is 5.95 Å². The van der Waals surface area contributed by atoms with Crippen LogP contribution in [0.5, 0.6) is 0 Å². The Balaban J connectivity index is 1.44. The molecule has 0 unspecified atom stereocenters. The molecular weight excluding hydrogens is 326 g/mol. The molecule has 0 bridgehead atoms. The standard InChI is InChI=1S/C19H25N7/c20-14-6-8-15(9-7-14)24-19-25-17(16-18(26-19)23-12-22-16)21-11-10-13-4-2-1-3-5-13/h1-5,12,14-15H,6-11,20H2,(H3,21,22,23,24,25,26)/t14-,15-. The van der Waals surface area contributed by atoms with Crippen molar-refractivity contribution in [2.24, 2.45) is 5.73 Å². The highest BCUT2D eigenvalue weighted by molar-refractivity contribution is 5.68. The lowest BCUT2D eigenvalue weighted by atomic mass is 9.92. The Labute approximate surface area is 153 Å². The maximum Gasteiger partial charge on any atom is 0.204 e. The van der Waals surface area contributed by atoms with Crippen molar-refractivity contribution in [2.45, 2.75) is 44.2 Å². The Morgan fingerprint density at radius 1 is 1.08 bits per heavy atom. The van der Waals surface area contributed by atoms with E-state index in [1.807, 2.05) is 6.07 Å². The zero-order chi connectivity index (χ0) is 17.8. The van der Waals surface area contributed by atoms with Crippen LogP contribution in [0.2, 0.25) is 0 Å². The second kappa shape index (κ2) is 7.70. The van der Waals surface area contributed by atoms with Gasteiger partial charge in [-0.3, -0.25) is 0 Å². The van der Waals surface area contributed by atoms with Crippen LogP contribution in [-0.4, -0.2) is 38.6 Å². The summed E-state index contributed by atoms with van der Waals surface area (Å²) in [6, 6.07) is 11.2. The average molecular weight is 351 g/mol. The van der Waals surface area contributed by atoms with E-state index >= 15 is 0 Å². The minimum Gasteiger partial charge on any atom is -0.369 e. The minimum atomic E-state index is 0.337. The van der Waals surface area contributed by atoms with Gasteiger partial charge in [0.1, 0.15) is 17.8 Å². The van der Waals surface area contributed by atoms with Crippen LogP contribution in [0.3, 0.4) is 0 Å². The summed E-state index contributed by atoms with van der Waals surface area (Å²) in [6.45, 7) is 0.810. The van der Waals surface area contributed by atoms with Crippen molar-refractivity contribution < 1.29 is 0 Å². The van der Waals surface area contributed by atoms with Gasteiger partial charge in [-0.05, 0) is 37.7 Å². The second-order valence-electron chi connectivity index (χ2n) is 6.92. The third-order valence-electron chi connectivity index (χ3n) is 4.95. The zero-order valence-electron chi connectivity index (χ0n) is 14.8. The van der Waals surface area contributed by atoms with Crippen molar-refractivity contribution in [3.63, 3.8) is 0 Å². The first-order valence-electron chi connectivity index (χ1n) is 9.28. The molecule has 1 aromatic carbocycles. The van der Waals surface area contributed by atoms with Gasteiger partial charge in [-0.1, -0.05) is 30.3 Å². The molecular formula is C19H25N7. The fourth-order valence-corrected chi connectivity index (χ4v) is 3.46. The topological polar surface area (TPSA) is 105 Å². The smallest absolute Gasteiger partial charge is 0.204 e. The maximum atomic E-state index is 6.00. The van der Waals surface area contributed by atoms with E-state index in [1.54, 1.807) is 6.33 Å². The molecule has 0 amide bonds. The van der Waals surface area contributed by atoms with Gasteiger partial charge in [-0.25, -0.2) is 9.97 Å². The predicted molar refractivity (Wildman–Crippen MR) is 103 cm³/mol. The Kier molecular flexibility index (Phi) is 4.97. The summed E-state index contributed by atoms with van der Waals surface area (Å²) in [5, 5.41) is 6.95. The van der Waals surface area contributed by atoms with E-state index in [4.69, 9.17) is 5.73 Å². The lowest BCUT2D eigenvalue weighted by Crippen LogP contribution is -2.33. The van der Waals surface area contributed by atoms with Crippen molar-refractivity contribution in [3.8, 4) is 11.5 Å². The summed E-state index contributed by atoms with van der Waals surface area (Å²) in [6.07, 6.45) is 6.74. The van der Waals surface area contributed by atoms with Crippen molar-refractivity contribution in [1.82, 2.24) is 19.9 Å². The number of aromatic amines is 1. The minimum absolute atomic E-state index is 0.337. The molecule has 2 heterocycles. The number of H-pyrrole nitrogens is 1. The van der Waals surface area contributed by atoms with Gasteiger partial charge in [0.05, 0.1) is 0 Å². The highest BCUT2D eigenvalue weighted by atomic mass is 15.2. The number of hydrogen-bond acceptors (Lipinski definition) is 6. The zero-order valence-corrected chi connectivity index (χ0v) is 14.8. The summed E-state index contributed by atoms with van der Waals surface area (Å²) in [5.41, 5.74) is 8.07. The van der Waals surface area contributed by atoms with Crippen LogP contribution in [0, 0.1) is 0 Å². The molecule has 0 saturated heterocycles. The fraction of sp³-hybridized carbons (Fsp3) is 0.421. The largest absolute Gasteiger partial charge is 0.369 e. The molecule has 0 aromatic heterocycles. The van der Waals surface area contributed by atoms with E-state index < -0.39 is 0 Å². The quantitative estimate of drug-likeness (QED) is 0.544. The number of anilines is 2. The summed E-state index contributed by atoms with van der Waals surface area (Å²) >= 11 is 0. The molecule has 1 aromatic rings. The molecule has 1 saturated carbocycles. The maximum absolute atomic E-state index is 6.00. The Bertz CT molecular complexity index is 793. The lowest BCUT2D eigenvalue weighted by molar-refractivity contribution is 0.410. The molecule has 5 N–H and O–H groups in total. The van der Waals surface area contributed by atoms with Gasteiger partial charge in [0, 0.05) is 18.6 Å². The molecule has 3 aliphatic rings. The van der Waals surface area contributed by atoms with Gasteiger partial charge in [0.15, 0.2) is 5.82 Å². The molecule has 7 heteroatoms. The van der Waals surface area contributed by atoms with Crippen molar-refractivity contribution in [1.29, 1.82) is 0 Å². The van der Waals surface area contributed by atoms with E-state index in [0.29, 0.717) is 17.9 Å². The van der Waals surface area contributed by atoms with Crippen LogP contribution >= 0.6 is 0 Å². The monoisotopic (exact) mass is 351 g/mol. The first-order chi connectivity index (χ1) is 12.8. The number of imidazole rings is 1. The summed E-state index contributed by atoms with van der Waals surface area (Å²) in [7, 11) is 0. The van der Waals surface area contributed by atoms with Gasteiger partial charge >= 0.3 is 0 Å². The Hall–Kier alpha value is -2.67. The van der Waals surface area contributed by atoms with E-state index in [1.165, 1.54) is 5.56 Å². The van der Waals surface area contributed by atoms with Gasteiger partial charge in [0.25, 0.3) is 0 Å². The average Bonchev–Trinajstić information content (AvgIpc) is 3.13. The van der Waals surface area contributed by atoms with Crippen LogP contribution in [0.4, 0.5) is 11.8 Å². The third-order valence-corrected chi connectivity index (χ3v) is 4.95. The number of nitrogens with zero attached hydrogens (tertiary/aromatic N) is 3. The number of rotatable bonds is 6. The molecule has 0 atom stereocenters. The van der Waals surface area contributed by atoms with Gasteiger partial charge in [-0.15, -0.1) is 0 Å². The molecule has 136 valence electrons. The molecule has 0 radical (unpaired) electrons. The summed E-state index contributed by atoms with van der Waals surface area (Å²) in [5.74, 6) is 2.25. The van der Waals surface area contributed by atoms with Crippen LogP contribution in [0.1, 0.15) is 31.2 Å². The second-order valence-corrected chi connectivity index (χ2v) is 6.92. The summed E-state index contributed by atoms with van der Waals surface area (Å²) < 4.78 is 0. The third kappa shape index (κ3) is 3.94. The van der Waals surface area contributed by atoms with Crippen LogP contribution in [0.15, 0.2) is 36.7 Å². The Morgan fingerprint density at radius 3 is 2.69 bits per heavy atom. The molecule has 1 fully saturated rings. The number of nitrogens with two attached hydrogens (primary N) is 1. The molecule has 1 aliphatic carbocycles. The molecule has 4 rings (SSSR count). The van der Waals surface area contributed by atoms with E-state index in [9.17, 15) is 0 Å². The highest BCUT2D eigenvalue weighted by Gasteiger charge is 2.21. The van der Waals surface area contributed by atoms with Crippen LogP contribution < -0.4 is 16.4 Å². The number of hydrogen-bond donors (Lipinski definition) is 4. The molecule has 2 aliphatic heterocycles. The molecule has 26 heavy (non-hydrogen) atoms. The van der Waals surface area contributed by atoms with Gasteiger partial charge in [-0.2, -0.15) is 4.98 Å². The SMILES string of the molecule is N[C@H]1CC[C@H](Nc2nc3ncnc-3c(NCCc3ccccc3)[nH]2)CC1. The first kappa shape index (κ1) is 16.8. The predicted octanol–water partition coefficient (Wildman–Crippen LogP) is 2.64. The highest BCUT2D eigenvalue weighted by Crippen LogP contribution is 2.26. The number of nitrogens with one attached hydrogen (secondary N) is 3. The Morgan fingerprint density at radius 2 is 1.88 bits per heavy atom. The number of benzene rings is 1.